The summed E-state index contributed by atoms with van der Waals surface area (Å²) in [6.07, 6.45) is -0.324. The maximum Gasteiger partial charge on any atom is 0.417 e. The Hall–Kier alpha value is -3.03. The van der Waals surface area contributed by atoms with Gasteiger partial charge in [-0.25, -0.2) is 4.98 Å². The van der Waals surface area contributed by atoms with Gasteiger partial charge in [0.25, 0.3) is 0 Å². The van der Waals surface area contributed by atoms with Gasteiger partial charge in [0.15, 0.2) is 0 Å². The predicted molar refractivity (Wildman–Crippen MR) is 137 cm³/mol. The predicted octanol–water partition coefficient (Wildman–Crippen LogP) is 4.63. The van der Waals surface area contributed by atoms with Crippen LogP contribution in [0.4, 0.5) is 24.7 Å². The summed E-state index contributed by atoms with van der Waals surface area (Å²) in [5.41, 5.74) is -0.988. The number of piperidine rings is 1. The summed E-state index contributed by atoms with van der Waals surface area (Å²) in [6.45, 7) is 5.62. The molecule has 2 aliphatic rings. The number of anilines is 2. The van der Waals surface area contributed by atoms with Crippen molar-refractivity contribution in [2.45, 2.75) is 37.9 Å². The fourth-order valence-corrected chi connectivity index (χ4v) is 4.95. The van der Waals surface area contributed by atoms with Crippen LogP contribution < -0.4 is 10.2 Å². The average molecular weight is 535 g/mol. The molecule has 0 bridgehead atoms. The summed E-state index contributed by atoms with van der Waals surface area (Å²) in [4.78, 5) is 23.5. The number of nitrogens with zero attached hydrogens (tertiary/aromatic N) is 5. The smallest absolute Gasteiger partial charge is 0.382 e. The molecule has 0 atom stereocenters. The van der Waals surface area contributed by atoms with Crippen molar-refractivity contribution >= 4 is 29.0 Å². The van der Waals surface area contributed by atoms with Crippen molar-refractivity contribution in [2.75, 3.05) is 56.0 Å². The Bertz CT molecular complexity index is 1100. The number of rotatable bonds is 7. The van der Waals surface area contributed by atoms with E-state index < -0.39 is 11.7 Å². The molecule has 3 heterocycles. The molecular weight excluding hydrogens is 505 g/mol. The summed E-state index contributed by atoms with van der Waals surface area (Å²) < 4.78 is 39.7. The highest BCUT2D eigenvalue weighted by molar-refractivity contribution is 6.30. The number of piperazine rings is 1. The van der Waals surface area contributed by atoms with Gasteiger partial charge in [-0.15, -0.1) is 0 Å². The van der Waals surface area contributed by atoms with Crippen LogP contribution in [0.15, 0.2) is 36.5 Å². The number of carbonyl (C=O) groups is 1. The molecule has 0 saturated carbocycles. The Morgan fingerprint density at radius 2 is 1.84 bits per heavy atom. The third kappa shape index (κ3) is 7.27. The van der Waals surface area contributed by atoms with Crippen molar-refractivity contribution in [2.24, 2.45) is 0 Å². The molecule has 2 fully saturated rings. The number of nitrogens with one attached hydrogen (secondary N) is 1. The monoisotopic (exact) mass is 534 g/mol. The number of hydrogen-bond donors (Lipinski definition) is 1. The lowest BCUT2D eigenvalue weighted by atomic mass is 10.0. The van der Waals surface area contributed by atoms with Gasteiger partial charge in [0, 0.05) is 63.6 Å². The summed E-state index contributed by atoms with van der Waals surface area (Å²) in [5.74, 6) is 1.05. The largest absolute Gasteiger partial charge is 0.417 e. The van der Waals surface area contributed by atoms with Gasteiger partial charge >= 0.3 is 6.18 Å². The summed E-state index contributed by atoms with van der Waals surface area (Å²) >= 11 is 5.91. The van der Waals surface area contributed by atoms with E-state index in [9.17, 15) is 18.0 Å². The van der Waals surface area contributed by atoms with E-state index in [1.54, 1.807) is 12.3 Å². The molecule has 1 aromatic carbocycles. The third-order valence-electron chi connectivity index (χ3n) is 6.94. The van der Waals surface area contributed by atoms with E-state index in [4.69, 9.17) is 16.9 Å². The molecule has 0 radical (unpaired) electrons. The van der Waals surface area contributed by atoms with Crippen molar-refractivity contribution in [3.05, 3.63) is 52.7 Å². The highest BCUT2D eigenvalue weighted by Gasteiger charge is 2.34. The van der Waals surface area contributed by atoms with E-state index in [0.29, 0.717) is 43.1 Å². The molecule has 0 aliphatic carbocycles. The van der Waals surface area contributed by atoms with E-state index in [2.05, 4.69) is 20.1 Å². The van der Waals surface area contributed by atoms with Crippen LogP contribution in [0.3, 0.4) is 0 Å². The first kappa shape index (κ1) is 27.0. The van der Waals surface area contributed by atoms with Crippen LogP contribution in [0.5, 0.6) is 0 Å². The SMILES string of the molecule is N#Cc1ccc(NC2CCN(C(=O)CCCN3CCN(c4ccc(Cl)cn4)CC3)CC2)cc1C(F)(F)F. The first-order valence-electron chi connectivity index (χ1n) is 12.5. The van der Waals surface area contributed by atoms with Crippen molar-refractivity contribution in [3.63, 3.8) is 0 Å². The van der Waals surface area contributed by atoms with Gasteiger partial charge in [0.05, 0.1) is 22.2 Å². The maximum atomic E-state index is 13.2. The molecule has 37 heavy (non-hydrogen) atoms. The van der Waals surface area contributed by atoms with Crippen LogP contribution in [0.25, 0.3) is 0 Å². The zero-order valence-corrected chi connectivity index (χ0v) is 21.2. The minimum absolute atomic E-state index is 0.0236. The maximum absolute atomic E-state index is 13.2. The molecule has 1 aromatic heterocycles. The minimum atomic E-state index is -4.58. The van der Waals surface area contributed by atoms with Gasteiger partial charge in [0.1, 0.15) is 5.82 Å². The highest BCUT2D eigenvalue weighted by Crippen LogP contribution is 2.34. The lowest BCUT2D eigenvalue weighted by molar-refractivity contribution is -0.137. The molecule has 1 amide bonds. The number of benzene rings is 1. The van der Waals surface area contributed by atoms with Gasteiger partial charge < -0.3 is 15.1 Å². The Morgan fingerprint density at radius 1 is 1.11 bits per heavy atom. The van der Waals surface area contributed by atoms with E-state index in [1.807, 2.05) is 17.0 Å². The number of carbonyl (C=O) groups excluding carboxylic acids is 1. The lowest BCUT2D eigenvalue weighted by Gasteiger charge is -2.36. The van der Waals surface area contributed by atoms with Crippen LogP contribution in [0.1, 0.15) is 36.8 Å². The molecular formula is C26H30ClF3N6O. The van der Waals surface area contributed by atoms with Gasteiger partial charge in [-0.1, -0.05) is 11.6 Å². The Balaban J connectivity index is 1.16. The van der Waals surface area contributed by atoms with Crippen molar-refractivity contribution in [1.29, 1.82) is 5.26 Å². The normalized spacial score (nSPS) is 17.5. The van der Waals surface area contributed by atoms with Crippen LogP contribution in [-0.2, 0) is 11.0 Å². The Kier molecular flexibility index (Phi) is 8.77. The van der Waals surface area contributed by atoms with Gasteiger partial charge in [-0.2, -0.15) is 18.4 Å². The first-order chi connectivity index (χ1) is 17.7. The first-order valence-corrected chi connectivity index (χ1v) is 12.9. The second kappa shape index (κ2) is 12.0. The number of nitriles is 1. The number of amides is 1. The van der Waals surface area contributed by atoms with Crippen LogP contribution >= 0.6 is 11.6 Å². The summed E-state index contributed by atoms with van der Waals surface area (Å²) in [7, 11) is 0. The van der Waals surface area contributed by atoms with Crippen molar-refractivity contribution in [3.8, 4) is 6.07 Å². The van der Waals surface area contributed by atoms with Crippen LogP contribution in [0.2, 0.25) is 5.02 Å². The molecule has 2 aromatic rings. The second-order valence-electron chi connectivity index (χ2n) is 9.44. The van der Waals surface area contributed by atoms with E-state index >= 15 is 0 Å². The number of alkyl halides is 3. The lowest BCUT2D eigenvalue weighted by Crippen LogP contribution is -2.47. The summed E-state index contributed by atoms with van der Waals surface area (Å²) in [5, 5.41) is 12.7. The quantitative estimate of drug-likeness (QED) is 0.558. The molecule has 2 aliphatic heterocycles. The van der Waals surface area contributed by atoms with Crippen LogP contribution in [0, 0.1) is 11.3 Å². The molecule has 0 unspecified atom stereocenters. The Morgan fingerprint density at radius 3 is 2.46 bits per heavy atom. The molecule has 0 spiro atoms. The molecule has 7 nitrogen and oxygen atoms in total. The average Bonchev–Trinajstić information content (AvgIpc) is 2.89. The third-order valence-corrected chi connectivity index (χ3v) is 7.16. The molecule has 1 N–H and O–H groups in total. The van der Waals surface area contributed by atoms with Gasteiger partial charge in [-0.05, 0) is 56.1 Å². The zero-order chi connectivity index (χ0) is 26.4. The molecule has 198 valence electrons. The number of likely N-dealkylation sites (tertiary alicyclic amines) is 1. The van der Waals surface area contributed by atoms with E-state index in [-0.39, 0.29) is 17.5 Å². The van der Waals surface area contributed by atoms with E-state index in [1.165, 1.54) is 12.1 Å². The van der Waals surface area contributed by atoms with Gasteiger partial charge in [-0.3, -0.25) is 9.69 Å². The van der Waals surface area contributed by atoms with E-state index in [0.717, 1.165) is 51.0 Å². The Labute approximate surface area is 219 Å². The number of pyridine rings is 1. The fourth-order valence-electron chi connectivity index (χ4n) is 4.84. The topological polar surface area (TPSA) is 75.5 Å². The molecule has 4 rings (SSSR count). The van der Waals surface area contributed by atoms with Crippen molar-refractivity contribution < 1.29 is 18.0 Å². The number of aromatic nitrogens is 1. The summed E-state index contributed by atoms with van der Waals surface area (Å²) in [6, 6.07) is 9.02. The van der Waals surface area contributed by atoms with Crippen LogP contribution in [-0.4, -0.2) is 72.5 Å². The highest BCUT2D eigenvalue weighted by atomic mass is 35.5. The fraction of sp³-hybridized carbons (Fsp3) is 0.500. The number of hydrogen-bond acceptors (Lipinski definition) is 6. The minimum Gasteiger partial charge on any atom is -0.382 e. The standard InChI is InChI=1S/C26H30ClF3N6O/c27-20-4-6-24(32-18-20)35-14-12-34(13-15-35)9-1-2-25(37)36-10-7-21(8-11-36)33-22-5-3-19(17-31)23(16-22)26(28,29)30/h3-6,16,18,21,33H,1-2,7-15H2. The second-order valence-corrected chi connectivity index (χ2v) is 9.87. The van der Waals surface area contributed by atoms with Crippen molar-refractivity contribution in [1.82, 2.24) is 14.8 Å². The van der Waals surface area contributed by atoms with Gasteiger partial charge in [0.2, 0.25) is 5.91 Å². The molecule has 2 saturated heterocycles. The molecule has 11 heteroatoms. The number of halogens is 4. The zero-order valence-electron chi connectivity index (χ0n) is 20.5.